The molecule has 0 saturated carbocycles. The Hall–Kier alpha value is -0.660. The van der Waals surface area contributed by atoms with Gasteiger partial charge in [0.2, 0.25) is 0 Å². The third-order valence-electron chi connectivity index (χ3n) is 3.97. The van der Waals surface area contributed by atoms with Crippen molar-refractivity contribution < 1.29 is 0 Å². The minimum atomic E-state index is 0.620. The predicted octanol–water partition coefficient (Wildman–Crippen LogP) is 4.58. The van der Waals surface area contributed by atoms with E-state index in [1.807, 2.05) is 0 Å². The lowest BCUT2D eigenvalue weighted by Gasteiger charge is -2.31. The topological polar surface area (TPSA) is 6.48 Å². The van der Waals surface area contributed by atoms with Crippen LogP contribution in [-0.4, -0.2) is 29.1 Å². The van der Waals surface area contributed by atoms with Crippen molar-refractivity contribution in [3.8, 4) is 0 Å². The molecule has 0 aromatic rings. The zero-order chi connectivity index (χ0) is 13.2. The molecule has 0 radical (unpaired) electrons. The smallest absolute Gasteiger partial charge is 0.100 e. The summed E-state index contributed by atoms with van der Waals surface area (Å²) in [6.45, 7) is 9.17. The normalized spacial score (nSPS) is 18.9. The molecule has 1 atom stereocenters. The van der Waals surface area contributed by atoms with Gasteiger partial charge < -0.3 is 9.80 Å². The fourth-order valence-corrected chi connectivity index (χ4v) is 2.82. The zero-order valence-corrected chi connectivity index (χ0v) is 12.7. The number of nitrogens with zero attached hydrogens (tertiary/aromatic N) is 2. The Morgan fingerprint density at radius 1 is 0.778 bits per heavy atom. The molecule has 18 heavy (non-hydrogen) atoms. The monoisotopic (exact) mass is 252 g/mol. The lowest BCUT2D eigenvalue weighted by atomic mass is 10.1. The van der Waals surface area contributed by atoms with Crippen molar-refractivity contribution in [2.75, 3.05) is 13.1 Å². The predicted molar refractivity (Wildman–Crippen MR) is 80.3 cm³/mol. The van der Waals surface area contributed by atoms with E-state index in [2.05, 4.69) is 43.0 Å². The van der Waals surface area contributed by atoms with Gasteiger partial charge in [-0.05, 0) is 19.8 Å². The largest absolute Gasteiger partial charge is 0.356 e. The van der Waals surface area contributed by atoms with Crippen LogP contribution in [0.25, 0.3) is 0 Å². The van der Waals surface area contributed by atoms with Gasteiger partial charge in [-0.2, -0.15) is 0 Å². The van der Waals surface area contributed by atoms with Gasteiger partial charge in [0.1, 0.15) is 6.17 Å². The second-order valence-corrected chi connectivity index (χ2v) is 5.38. The molecule has 0 saturated heterocycles. The van der Waals surface area contributed by atoms with Crippen LogP contribution in [-0.2, 0) is 0 Å². The van der Waals surface area contributed by atoms with E-state index in [-0.39, 0.29) is 0 Å². The van der Waals surface area contributed by atoms with Crippen LogP contribution in [0.2, 0.25) is 0 Å². The van der Waals surface area contributed by atoms with Crippen molar-refractivity contribution in [3.05, 3.63) is 12.4 Å². The first kappa shape index (κ1) is 15.4. The van der Waals surface area contributed by atoms with Gasteiger partial charge in [0, 0.05) is 25.5 Å². The molecule has 0 bridgehead atoms. The van der Waals surface area contributed by atoms with Crippen LogP contribution in [0.1, 0.15) is 72.1 Å². The van der Waals surface area contributed by atoms with E-state index in [4.69, 9.17) is 0 Å². The van der Waals surface area contributed by atoms with Crippen LogP contribution in [0.5, 0.6) is 0 Å². The van der Waals surface area contributed by atoms with Crippen LogP contribution >= 0.6 is 0 Å². The first-order valence-electron chi connectivity index (χ1n) is 8.03. The van der Waals surface area contributed by atoms with E-state index in [1.165, 1.54) is 57.9 Å². The lowest BCUT2D eigenvalue weighted by molar-refractivity contribution is 0.151. The molecule has 1 aliphatic rings. The molecule has 1 unspecified atom stereocenters. The Bertz CT molecular complexity index is 225. The Labute approximate surface area is 114 Å². The van der Waals surface area contributed by atoms with Crippen molar-refractivity contribution in [2.24, 2.45) is 0 Å². The average Bonchev–Trinajstić information content (AvgIpc) is 2.79. The third kappa shape index (κ3) is 4.91. The summed E-state index contributed by atoms with van der Waals surface area (Å²) in [6.07, 6.45) is 16.2. The quantitative estimate of drug-likeness (QED) is 0.525. The Balaban J connectivity index is 2.07. The summed E-state index contributed by atoms with van der Waals surface area (Å²) in [5.41, 5.74) is 0. The molecule has 0 aromatic carbocycles. The van der Waals surface area contributed by atoms with Crippen LogP contribution in [0.15, 0.2) is 12.4 Å². The van der Waals surface area contributed by atoms with Gasteiger partial charge in [0.25, 0.3) is 0 Å². The van der Waals surface area contributed by atoms with Gasteiger partial charge in [-0.1, -0.05) is 52.4 Å². The van der Waals surface area contributed by atoms with Gasteiger partial charge >= 0.3 is 0 Å². The van der Waals surface area contributed by atoms with E-state index in [0.717, 1.165) is 6.54 Å². The van der Waals surface area contributed by atoms with Crippen molar-refractivity contribution in [1.29, 1.82) is 0 Å². The molecule has 0 spiro atoms. The molecular formula is C16H32N2. The van der Waals surface area contributed by atoms with Crippen LogP contribution in [0.4, 0.5) is 0 Å². The molecule has 0 aromatic heterocycles. The Morgan fingerprint density at radius 2 is 1.39 bits per heavy atom. The standard InChI is InChI=1S/C16H32N2/c1-4-7-8-9-10-11-12-13-18-15-14-17(6-3)16(18)5-2/h14-16H,4-13H2,1-3H3. The lowest BCUT2D eigenvalue weighted by Crippen LogP contribution is -2.38. The number of unbranched alkanes of at least 4 members (excludes halogenated alkanes) is 6. The second kappa shape index (κ2) is 9.29. The fraction of sp³-hybridized carbons (Fsp3) is 0.875. The van der Waals surface area contributed by atoms with E-state index in [9.17, 15) is 0 Å². The molecule has 0 aliphatic carbocycles. The molecule has 0 amide bonds. The van der Waals surface area contributed by atoms with Crippen molar-refractivity contribution >= 4 is 0 Å². The van der Waals surface area contributed by atoms with Gasteiger partial charge in [-0.3, -0.25) is 0 Å². The minimum absolute atomic E-state index is 0.620. The Kier molecular flexibility index (Phi) is 7.95. The highest BCUT2D eigenvalue weighted by molar-refractivity contribution is 4.95. The molecule has 0 fully saturated rings. The molecule has 1 rings (SSSR count). The summed E-state index contributed by atoms with van der Waals surface area (Å²) in [6, 6.07) is 0. The van der Waals surface area contributed by atoms with Crippen molar-refractivity contribution in [1.82, 2.24) is 9.80 Å². The molecule has 1 aliphatic heterocycles. The molecular weight excluding hydrogens is 220 g/mol. The summed E-state index contributed by atoms with van der Waals surface area (Å²) in [5.74, 6) is 0. The van der Waals surface area contributed by atoms with E-state index in [1.54, 1.807) is 0 Å². The maximum absolute atomic E-state index is 2.52. The number of hydrogen-bond donors (Lipinski definition) is 0. The van der Waals surface area contributed by atoms with Gasteiger partial charge in [0.15, 0.2) is 0 Å². The van der Waals surface area contributed by atoms with Gasteiger partial charge in [0.05, 0.1) is 0 Å². The number of hydrogen-bond acceptors (Lipinski definition) is 2. The summed E-state index contributed by atoms with van der Waals surface area (Å²) < 4.78 is 0. The molecule has 2 heteroatoms. The van der Waals surface area contributed by atoms with Gasteiger partial charge in [-0.25, -0.2) is 0 Å². The number of rotatable bonds is 10. The summed E-state index contributed by atoms with van der Waals surface area (Å²) >= 11 is 0. The highest BCUT2D eigenvalue weighted by Gasteiger charge is 2.22. The van der Waals surface area contributed by atoms with Gasteiger partial charge in [-0.15, -0.1) is 0 Å². The first-order valence-corrected chi connectivity index (χ1v) is 8.03. The van der Waals surface area contributed by atoms with Crippen molar-refractivity contribution in [2.45, 2.75) is 78.3 Å². The maximum atomic E-state index is 2.52. The van der Waals surface area contributed by atoms with E-state index >= 15 is 0 Å². The molecule has 2 nitrogen and oxygen atoms in total. The van der Waals surface area contributed by atoms with Crippen molar-refractivity contribution in [3.63, 3.8) is 0 Å². The highest BCUT2D eigenvalue weighted by atomic mass is 15.4. The fourth-order valence-electron chi connectivity index (χ4n) is 2.82. The van der Waals surface area contributed by atoms with Crippen LogP contribution in [0, 0.1) is 0 Å². The highest BCUT2D eigenvalue weighted by Crippen LogP contribution is 2.19. The first-order chi connectivity index (χ1) is 8.83. The second-order valence-electron chi connectivity index (χ2n) is 5.38. The Morgan fingerprint density at radius 3 is 2.00 bits per heavy atom. The third-order valence-corrected chi connectivity index (χ3v) is 3.97. The SMILES string of the molecule is CCCCCCCCCN1C=CN(CC)C1CC. The summed E-state index contributed by atoms with van der Waals surface area (Å²) in [4.78, 5) is 4.97. The zero-order valence-electron chi connectivity index (χ0n) is 12.7. The summed E-state index contributed by atoms with van der Waals surface area (Å²) in [7, 11) is 0. The van der Waals surface area contributed by atoms with Crippen LogP contribution in [0.3, 0.4) is 0 Å². The van der Waals surface area contributed by atoms with E-state index < -0.39 is 0 Å². The van der Waals surface area contributed by atoms with E-state index in [0.29, 0.717) is 6.17 Å². The maximum Gasteiger partial charge on any atom is 0.100 e. The summed E-state index contributed by atoms with van der Waals surface area (Å²) in [5, 5.41) is 0. The van der Waals surface area contributed by atoms with Crippen LogP contribution < -0.4 is 0 Å². The molecule has 1 heterocycles. The molecule has 106 valence electrons. The average molecular weight is 252 g/mol. The minimum Gasteiger partial charge on any atom is -0.356 e. The molecule has 0 N–H and O–H groups in total.